The summed E-state index contributed by atoms with van der Waals surface area (Å²) >= 11 is 9.10. The fourth-order valence-corrected chi connectivity index (χ4v) is 2.14. The van der Waals surface area contributed by atoms with Gasteiger partial charge in [0, 0.05) is 17.6 Å². The van der Waals surface area contributed by atoms with Gasteiger partial charge in [0.2, 0.25) is 0 Å². The van der Waals surface area contributed by atoms with Gasteiger partial charge in [0.25, 0.3) is 0 Å². The van der Waals surface area contributed by atoms with Gasteiger partial charge in [0.1, 0.15) is 10.4 Å². The van der Waals surface area contributed by atoms with E-state index in [1.54, 1.807) is 24.0 Å². The maximum Gasteiger partial charge on any atom is 0.132 e. The van der Waals surface area contributed by atoms with Crippen molar-refractivity contribution < 1.29 is 4.39 Å². The van der Waals surface area contributed by atoms with Crippen molar-refractivity contribution in [1.29, 1.82) is 0 Å². The minimum absolute atomic E-state index is 0.316. The molecule has 0 aliphatic carbocycles. The van der Waals surface area contributed by atoms with Crippen LogP contribution in [0.4, 0.5) is 4.39 Å². The molecule has 0 N–H and O–H groups in total. The van der Waals surface area contributed by atoms with Crippen LogP contribution in [0.5, 0.6) is 0 Å². The van der Waals surface area contributed by atoms with Crippen molar-refractivity contribution in [1.82, 2.24) is 9.55 Å². The molecule has 0 amide bonds. The van der Waals surface area contributed by atoms with Crippen LogP contribution in [0.15, 0.2) is 29.1 Å². The summed E-state index contributed by atoms with van der Waals surface area (Å²) in [6, 6.07) is 4.44. The highest BCUT2D eigenvalue weighted by Crippen LogP contribution is 2.30. The van der Waals surface area contributed by atoms with E-state index in [4.69, 9.17) is 11.6 Å². The van der Waals surface area contributed by atoms with Crippen molar-refractivity contribution in [3.8, 4) is 11.3 Å². The number of imidazole rings is 1. The van der Waals surface area contributed by atoms with Crippen molar-refractivity contribution in [3.63, 3.8) is 0 Å². The number of halogens is 3. The first-order valence-electron chi connectivity index (χ1n) is 4.22. The average molecular weight is 290 g/mol. The van der Waals surface area contributed by atoms with Gasteiger partial charge in [-0.15, -0.1) is 0 Å². The third-order valence-corrected chi connectivity index (χ3v) is 2.89. The number of nitrogens with zero attached hydrogens (tertiary/aromatic N) is 2. The third kappa shape index (κ3) is 1.92. The highest BCUT2D eigenvalue weighted by Gasteiger charge is 2.13. The molecule has 0 aliphatic rings. The van der Waals surface area contributed by atoms with Crippen molar-refractivity contribution in [2.75, 3.05) is 0 Å². The molecule has 15 heavy (non-hydrogen) atoms. The highest BCUT2D eigenvalue weighted by atomic mass is 79.9. The van der Waals surface area contributed by atoms with Crippen LogP contribution in [0.3, 0.4) is 0 Å². The molecule has 0 radical (unpaired) electrons. The molecule has 5 heteroatoms. The SMILES string of the molecule is Cn1cnc(Br)c1-c1cc(Cl)ccc1F. The van der Waals surface area contributed by atoms with Gasteiger partial charge in [-0.3, -0.25) is 0 Å². The Hall–Kier alpha value is -0.870. The minimum Gasteiger partial charge on any atom is -0.333 e. The Morgan fingerprint density at radius 2 is 2.20 bits per heavy atom. The molecule has 0 atom stereocenters. The smallest absolute Gasteiger partial charge is 0.132 e. The Balaban J connectivity index is 2.68. The van der Waals surface area contributed by atoms with Crippen molar-refractivity contribution in [2.45, 2.75) is 0 Å². The standard InChI is InChI=1S/C10H7BrClFN2/c1-15-5-14-10(11)9(15)7-4-6(12)2-3-8(7)13/h2-5H,1H3. The van der Waals surface area contributed by atoms with Crippen molar-refractivity contribution in [2.24, 2.45) is 7.05 Å². The molecule has 78 valence electrons. The fourth-order valence-electron chi connectivity index (χ4n) is 1.38. The van der Waals surface area contributed by atoms with Crippen LogP contribution in [0.1, 0.15) is 0 Å². The van der Waals surface area contributed by atoms with Crippen molar-refractivity contribution >= 4 is 27.5 Å². The number of hydrogen-bond donors (Lipinski definition) is 0. The van der Waals surface area contributed by atoms with Gasteiger partial charge in [0.05, 0.1) is 12.0 Å². The number of hydrogen-bond acceptors (Lipinski definition) is 1. The Bertz CT molecular complexity index is 491. The summed E-state index contributed by atoms with van der Waals surface area (Å²) in [6.07, 6.45) is 1.61. The highest BCUT2D eigenvalue weighted by molar-refractivity contribution is 9.10. The molecule has 0 unspecified atom stereocenters. The summed E-state index contributed by atoms with van der Waals surface area (Å²) in [6.45, 7) is 0. The van der Waals surface area contributed by atoms with Crippen LogP contribution < -0.4 is 0 Å². The van der Waals surface area contributed by atoms with Gasteiger partial charge < -0.3 is 4.57 Å². The second-order valence-corrected chi connectivity index (χ2v) is 4.31. The van der Waals surface area contributed by atoms with E-state index in [1.807, 2.05) is 0 Å². The number of benzene rings is 1. The van der Waals surface area contributed by atoms with Crippen LogP contribution in [0.25, 0.3) is 11.3 Å². The van der Waals surface area contributed by atoms with Crippen LogP contribution in [-0.2, 0) is 7.05 Å². The second-order valence-electron chi connectivity index (χ2n) is 3.12. The summed E-state index contributed by atoms with van der Waals surface area (Å²) in [4.78, 5) is 4.03. The predicted molar refractivity (Wildman–Crippen MR) is 61.3 cm³/mol. The maximum absolute atomic E-state index is 13.6. The molecule has 0 spiro atoms. The third-order valence-electron chi connectivity index (χ3n) is 2.08. The lowest BCUT2D eigenvalue weighted by molar-refractivity contribution is 0.629. The number of aromatic nitrogens is 2. The molecule has 1 aromatic heterocycles. The van der Waals surface area contributed by atoms with Crippen LogP contribution >= 0.6 is 27.5 Å². The molecule has 2 rings (SSSR count). The lowest BCUT2D eigenvalue weighted by Crippen LogP contribution is -1.93. The quantitative estimate of drug-likeness (QED) is 0.783. The normalized spacial score (nSPS) is 10.7. The van der Waals surface area contributed by atoms with Gasteiger partial charge >= 0.3 is 0 Å². The van der Waals surface area contributed by atoms with E-state index >= 15 is 0 Å². The summed E-state index contributed by atoms with van der Waals surface area (Å²) in [5.41, 5.74) is 1.12. The first-order valence-corrected chi connectivity index (χ1v) is 5.39. The summed E-state index contributed by atoms with van der Waals surface area (Å²) in [5, 5.41) is 0.500. The molecular weight excluding hydrogens is 282 g/mol. The van der Waals surface area contributed by atoms with Gasteiger partial charge in [-0.25, -0.2) is 9.37 Å². The van der Waals surface area contributed by atoms with E-state index in [0.29, 0.717) is 20.9 Å². The van der Waals surface area contributed by atoms with Gasteiger partial charge in [-0.1, -0.05) is 11.6 Å². The zero-order valence-corrected chi connectivity index (χ0v) is 10.2. The van der Waals surface area contributed by atoms with E-state index < -0.39 is 0 Å². The molecule has 2 aromatic rings. The topological polar surface area (TPSA) is 17.8 Å². The van der Waals surface area contributed by atoms with Crippen molar-refractivity contribution in [3.05, 3.63) is 40.0 Å². The minimum atomic E-state index is -0.316. The zero-order chi connectivity index (χ0) is 11.0. The molecule has 0 aliphatic heterocycles. The van der Waals surface area contributed by atoms with E-state index in [0.717, 1.165) is 0 Å². The van der Waals surface area contributed by atoms with Crippen LogP contribution in [0.2, 0.25) is 5.02 Å². The Morgan fingerprint density at radius 3 is 2.80 bits per heavy atom. The van der Waals surface area contributed by atoms with E-state index in [2.05, 4.69) is 20.9 Å². The lowest BCUT2D eigenvalue weighted by Gasteiger charge is -2.05. The number of aryl methyl sites for hydroxylation is 1. The molecule has 0 fully saturated rings. The molecule has 0 bridgehead atoms. The molecule has 0 saturated carbocycles. The largest absolute Gasteiger partial charge is 0.333 e. The summed E-state index contributed by atoms with van der Waals surface area (Å²) in [7, 11) is 1.80. The van der Waals surface area contributed by atoms with Gasteiger partial charge in [0.15, 0.2) is 0 Å². The summed E-state index contributed by atoms with van der Waals surface area (Å²) < 4.78 is 15.9. The van der Waals surface area contributed by atoms with Crippen LogP contribution in [-0.4, -0.2) is 9.55 Å². The Labute approximate surface area is 99.8 Å². The Kier molecular flexibility index (Phi) is 2.80. The molecule has 1 heterocycles. The first kappa shape index (κ1) is 10.6. The fraction of sp³-hybridized carbons (Fsp3) is 0.100. The number of rotatable bonds is 1. The summed E-state index contributed by atoms with van der Waals surface area (Å²) in [5.74, 6) is -0.316. The van der Waals surface area contributed by atoms with Gasteiger partial charge in [-0.05, 0) is 34.1 Å². The lowest BCUT2D eigenvalue weighted by atomic mass is 10.1. The molecule has 1 aromatic carbocycles. The second kappa shape index (κ2) is 3.94. The monoisotopic (exact) mass is 288 g/mol. The predicted octanol–water partition coefficient (Wildman–Crippen LogP) is 3.64. The maximum atomic E-state index is 13.6. The van der Waals surface area contributed by atoms with E-state index in [-0.39, 0.29) is 5.82 Å². The molecule has 2 nitrogen and oxygen atoms in total. The van der Waals surface area contributed by atoms with E-state index in [1.165, 1.54) is 12.1 Å². The first-order chi connectivity index (χ1) is 7.09. The van der Waals surface area contributed by atoms with Crippen LogP contribution in [0, 0.1) is 5.82 Å². The average Bonchev–Trinajstić information content (AvgIpc) is 2.51. The molecule has 0 saturated heterocycles. The van der Waals surface area contributed by atoms with Gasteiger partial charge in [-0.2, -0.15) is 0 Å². The van der Waals surface area contributed by atoms with E-state index in [9.17, 15) is 4.39 Å². The Morgan fingerprint density at radius 1 is 1.47 bits per heavy atom. The molecular formula is C10H7BrClFN2. The zero-order valence-electron chi connectivity index (χ0n) is 7.84.